The smallest absolute Gasteiger partial charge is 0.260 e. The third kappa shape index (κ3) is 5.77. The lowest BCUT2D eigenvalue weighted by Gasteiger charge is -2.37. The van der Waals surface area contributed by atoms with Crippen LogP contribution in [-0.4, -0.2) is 119 Å². The third-order valence-corrected chi connectivity index (χ3v) is 8.20. The van der Waals surface area contributed by atoms with Gasteiger partial charge in [0, 0.05) is 50.9 Å². The molecule has 0 spiro atoms. The summed E-state index contributed by atoms with van der Waals surface area (Å²) in [4.78, 5) is 31.0. The number of hydrogen-bond donors (Lipinski definition) is 0. The van der Waals surface area contributed by atoms with Crippen molar-refractivity contribution in [1.82, 2.24) is 14.7 Å². The van der Waals surface area contributed by atoms with Crippen molar-refractivity contribution in [3.8, 4) is 11.5 Å². The third-order valence-electron chi connectivity index (χ3n) is 6.45. The molecule has 3 heterocycles. The van der Waals surface area contributed by atoms with Crippen LogP contribution in [-0.2, 0) is 19.4 Å². The molecule has 11 heteroatoms. The molecule has 0 N–H and O–H groups in total. The van der Waals surface area contributed by atoms with Crippen molar-refractivity contribution in [2.75, 3.05) is 77.7 Å². The van der Waals surface area contributed by atoms with Crippen LogP contribution in [0.2, 0.25) is 0 Å². The zero-order valence-electron chi connectivity index (χ0n) is 18.9. The number of amides is 2. The van der Waals surface area contributed by atoms with Gasteiger partial charge in [-0.3, -0.25) is 14.5 Å². The fourth-order valence-corrected chi connectivity index (χ4v) is 6.26. The van der Waals surface area contributed by atoms with E-state index in [0.29, 0.717) is 76.0 Å². The molecule has 1 atom stereocenters. The Labute approximate surface area is 194 Å². The number of rotatable bonds is 6. The van der Waals surface area contributed by atoms with E-state index in [1.54, 1.807) is 28.0 Å². The van der Waals surface area contributed by atoms with E-state index in [4.69, 9.17) is 14.2 Å². The van der Waals surface area contributed by atoms with E-state index in [1.807, 2.05) is 0 Å². The first-order valence-corrected chi connectivity index (χ1v) is 13.1. The normalized spacial score (nSPS) is 23.4. The summed E-state index contributed by atoms with van der Waals surface area (Å²) < 4.78 is 39.8. The van der Waals surface area contributed by atoms with Crippen molar-refractivity contribution in [3.05, 3.63) is 23.8 Å². The number of ether oxygens (including phenoxy) is 3. The molecule has 1 unspecified atom stereocenters. The molecule has 0 bridgehead atoms. The number of benzene rings is 1. The number of sulfone groups is 1. The summed E-state index contributed by atoms with van der Waals surface area (Å²) in [5, 5.41) is 0. The highest BCUT2D eigenvalue weighted by Gasteiger charge is 2.34. The summed E-state index contributed by atoms with van der Waals surface area (Å²) in [5.41, 5.74) is 0.482. The van der Waals surface area contributed by atoms with E-state index in [0.717, 1.165) is 0 Å². The summed E-state index contributed by atoms with van der Waals surface area (Å²) in [6, 6.07) is 5.02. The standard InChI is InChI=1S/C22H31N3O7S/c1-30-20-14-17(2-3-19(20)32-15-21(26)24-9-11-31-12-10-24)22(27)25-7-5-23(6-8-25)18-4-13-33(28,29)16-18/h2-3,14,18H,4-13,15-16H2,1H3. The van der Waals surface area contributed by atoms with Crippen LogP contribution in [0.25, 0.3) is 0 Å². The van der Waals surface area contributed by atoms with Gasteiger partial charge in [-0.15, -0.1) is 0 Å². The minimum Gasteiger partial charge on any atom is -0.493 e. The van der Waals surface area contributed by atoms with Gasteiger partial charge in [0.15, 0.2) is 27.9 Å². The number of carbonyl (C=O) groups is 2. The van der Waals surface area contributed by atoms with Crippen LogP contribution >= 0.6 is 0 Å². The largest absolute Gasteiger partial charge is 0.493 e. The van der Waals surface area contributed by atoms with Crippen molar-refractivity contribution in [2.24, 2.45) is 0 Å². The minimum atomic E-state index is -2.92. The van der Waals surface area contributed by atoms with Gasteiger partial charge in [0.05, 0.1) is 31.8 Å². The van der Waals surface area contributed by atoms with Gasteiger partial charge in [-0.2, -0.15) is 0 Å². The Morgan fingerprint density at radius 3 is 2.39 bits per heavy atom. The number of nitrogens with zero attached hydrogens (tertiary/aromatic N) is 3. The molecular formula is C22H31N3O7S. The van der Waals surface area contributed by atoms with Crippen LogP contribution in [0.5, 0.6) is 11.5 Å². The number of methoxy groups -OCH3 is 1. The maximum atomic E-state index is 13.0. The molecule has 0 aromatic heterocycles. The van der Waals surface area contributed by atoms with E-state index in [-0.39, 0.29) is 36.0 Å². The molecular weight excluding hydrogens is 450 g/mol. The Kier molecular flexibility index (Phi) is 7.40. The van der Waals surface area contributed by atoms with E-state index >= 15 is 0 Å². The van der Waals surface area contributed by atoms with Crippen molar-refractivity contribution >= 4 is 21.7 Å². The van der Waals surface area contributed by atoms with Gasteiger partial charge in [0.1, 0.15) is 0 Å². The van der Waals surface area contributed by atoms with Crippen LogP contribution in [0.3, 0.4) is 0 Å². The highest BCUT2D eigenvalue weighted by molar-refractivity contribution is 7.91. The second kappa shape index (κ2) is 10.3. The molecule has 1 aromatic carbocycles. The molecule has 0 aliphatic carbocycles. The minimum absolute atomic E-state index is 0.0592. The zero-order valence-corrected chi connectivity index (χ0v) is 19.7. The van der Waals surface area contributed by atoms with Gasteiger partial charge in [0.25, 0.3) is 11.8 Å². The molecule has 10 nitrogen and oxygen atoms in total. The fraction of sp³-hybridized carbons (Fsp3) is 0.636. The Morgan fingerprint density at radius 2 is 1.76 bits per heavy atom. The molecule has 3 saturated heterocycles. The van der Waals surface area contributed by atoms with Crippen LogP contribution in [0.4, 0.5) is 0 Å². The number of morpholine rings is 1. The number of piperazine rings is 1. The maximum absolute atomic E-state index is 13.0. The van der Waals surface area contributed by atoms with Crippen molar-refractivity contribution < 1.29 is 32.2 Å². The van der Waals surface area contributed by atoms with Crippen LogP contribution < -0.4 is 9.47 Å². The van der Waals surface area contributed by atoms with E-state index in [1.165, 1.54) is 7.11 Å². The number of hydrogen-bond acceptors (Lipinski definition) is 8. The Hall–Kier alpha value is -2.37. The Bertz CT molecular complexity index is 970. The summed E-state index contributed by atoms with van der Waals surface area (Å²) in [5.74, 6) is 1.04. The molecule has 2 amide bonds. The highest BCUT2D eigenvalue weighted by Crippen LogP contribution is 2.29. The second-order valence-corrected chi connectivity index (χ2v) is 10.8. The Balaban J connectivity index is 1.32. The van der Waals surface area contributed by atoms with E-state index in [9.17, 15) is 18.0 Å². The molecule has 3 aliphatic heterocycles. The Morgan fingerprint density at radius 1 is 1.03 bits per heavy atom. The fourth-order valence-electron chi connectivity index (χ4n) is 4.50. The molecule has 3 fully saturated rings. The average Bonchev–Trinajstić information content (AvgIpc) is 3.22. The molecule has 0 saturated carbocycles. The molecule has 3 aliphatic rings. The highest BCUT2D eigenvalue weighted by atomic mass is 32.2. The molecule has 1 aromatic rings. The first-order chi connectivity index (χ1) is 15.9. The second-order valence-electron chi connectivity index (χ2n) is 8.53. The maximum Gasteiger partial charge on any atom is 0.260 e. The predicted octanol–water partition coefficient (Wildman–Crippen LogP) is -0.122. The van der Waals surface area contributed by atoms with Gasteiger partial charge < -0.3 is 24.0 Å². The predicted molar refractivity (Wildman–Crippen MR) is 120 cm³/mol. The number of carbonyl (C=O) groups excluding carboxylic acids is 2. The van der Waals surface area contributed by atoms with Gasteiger partial charge in [0.2, 0.25) is 0 Å². The monoisotopic (exact) mass is 481 g/mol. The summed E-state index contributed by atoms with van der Waals surface area (Å²) in [6.45, 7) is 4.46. The summed E-state index contributed by atoms with van der Waals surface area (Å²) in [6.07, 6.45) is 0.670. The topological polar surface area (TPSA) is 106 Å². The lowest BCUT2D eigenvalue weighted by atomic mass is 10.1. The van der Waals surface area contributed by atoms with Gasteiger partial charge in [-0.05, 0) is 24.6 Å². The first kappa shape index (κ1) is 23.8. The van der Waals surface area contributed by atoms with Crippen LogP contribution in [0.1, 0.15) is 16.8 Å². The summed E-state index contributed by atoms with van der Waals surface area (Å²) >= 11 is 0. The van der Waals surface area contributed by atoms with Gasteiger partial charge >= 0.3 is 0 Å². The van der Waals surface area contributed by atoms with Crippen molar-refractivity contribution in [3.63, 3.8) is 0 Å². The van der Waals surface area contributed by atoms with Gasteiger partial charge in [-0.1, -0.05) is 0 Å². The average molecular weight is 482 g/mol. The lowest BCUT2D eigenvalue weighted by Crippen LogP contribution is -2.52. The SMILES string of the molecule is COc1cc(C(=O)N2CCN(C3CCS(=O)(=O)C3)CC2)ccc1OCC(=O)N1CCOCC1. The summed E-state index contributed by atoms with van der Waals surface area (Å²) in [7, 11) is -1.43. The first-order valence-electron chi connectivity index (χ1n) is 11.3. The van der Waals surface area contributed by atoms with E-state index < -0.39 is 9.84 Å². The molecule has 4 rings (SSSR count). The van der Waals surface area contributed by atoms with E-state index in [2.05, 4.69) is 4.90 Å². The van der Waals surface area contributed by atoms with Crippen LogP contribution in [0.15, 0.2) is 18.2 Å². The van der Waals surface area contributed by atoms with Crippen molar-refractivity contribution in [2.45, 2.75) is 12.5 Å². The lowest BCUT2D eigenvalue weighted by molar-refractivity contribution is -0.137. The van der Waals surface area contributed by atoms with Gasteiger partial charge in [-0.25, -0.2) is 8.42 Å². The quantitative estimate of drug-likeness (QED) is 0.554. The molecule has 33 heavy (non-hydrogen) atoms. The van der Waals surface area contributed by atoms with Crippen LogP contribution in [0, 0.1) is 0 Å². The van der Waals surface area contributed by atoms with Crippen molar-refractivity contribution in [1.29, 1.82) is 0 Å². The zero-order chi connectivity index (χ0) is 23.4. The molecule has 182 valence electrons. The molecule has 0 radical (unpaired) electrons.